The topological polar surface area (TPSA) is 171 Å². The van der Waals surface area contributed by atoms with E-state index in [1.807, 2.05) is 6.92 Å². The lowest BCUT2D eigenvalue weighted by atomic mass is 9.93. The number of pyridine rings is 2. The Balaban J connectivity index is 1.45. The highest BCUT2D eigenvalue weighted by Crippen LogP contribution is 2.38. The summed E-state index contributed by atoms with van der Waals surface area (Å²) >= 11 is 0. The Labute approximate surface area is 280 Å². The maximum Gasteiger partial charge on any atom is 0.414 e. The molecule has 0 saturated carbocycles. The molecule has 3 aromatic rings. The SMILES string of the molecule is CCOC1CCN(Cc2cnc3c(C(=O)Nc4cnccc4N4C[C@@H](NC(=O)O)C[C@@H](C(F)(F)F)C4)c(NC(=O)OC(C)(C)C)oc3c2)C1. The molecule has 2 aliphatic heterocycles. The van der Waals surface area contributed by atoms with E-state index in [2.05, 4.69) is 30.8 Å². The number of rotatable bonds is 9. The van der Waals surface area contributed by atoms with Gasteiger partial charge < -0.3 is 34.5 Å². The average molecular weight is 692 g/mol. The minimum Gasteiger partial charge on any atom is -0.465 e. The number of furan rings is 1. The van der Waals surface area contributed by atoms with Gasteiger partial charge in [0.15, 0.2) is 5.58 Å². The van der Waals surface area contributed by atoms with Crippen LogP contribution in [0.4, 0.5) is 40.0 Å². The first-order valence-corrected chi connectivity index (χ1v) is 15.9. The zero-order valence-electron chi connectivity index (χ0n) is 27.6. The fourth-order valence-electron chi connectivity index (χ4n) is 6.13. The highest BCUT2D eigenvalue weighted by Gasteiger charge is 2.45. The van der Waals surface area contributed by atoms with Crippen LogP contribution in [0.3, 0.4) is 0 Å². The minimum atomic E-state index is -4.59. The number of hydrogen-bond donors (Lipinski definition) is 4. The first-order chi connectivity index (χ1) is 23.1. The standard InChI is InChI=1S/C32H40F3N7O7/c1-5-47-21-7-9-41(17-21)14-18-10-24-26(37-12-18)25(28(48-24)40-30(46)49-31(2,3)4)27(43)39-22-13-36-8-6-23(22)42-15-19(32(33,34)35)11-20(16-42)38-29(44)45/h6,8,10,12-13,19-21,38H,5,7,9,11,14-17H2,1-4H3,(H,39,43)(H,40,46)(H,44,45)/t19-,20+,21?/m1/s1. The number of carbonyl (C=O) groups is 3. The molecule has 49 heavy (non-hydrogen) atoms. The Bertz CT molecular complexity index is 1680. The molecule has 0 radical (unpaired) electrons. The number of nitrogens with one attached hydrogen (secondary N) is 3. The Kier molecular flexibility index (Phi) is 10.5. The number of likely N-dealkylation sites (tertiary alicyclic amines) is 1. The van der Waals surface area contributed by atoms with Crippen LogP contribution in [0.1, 0.15) is 56.5 Å². The van der Waals surface area contributed by atoms with Crippen molar-refractivity contribution in [3.8, 4) is 0 Å². The third-order valence-electron chi connectivity index (χ3n) is 8.09. The molecule has 1 unspecified atom stereocenters. The van der Waals surface area contributed by atoms with Crippen LogP contribution in [0.25, 0.3) is 11.1 Å². The number of ether oxygens (including phenoxy) is 2. The highest BCUT2D eigenvalue weighted by atomic mass is 19.4. The average Bonchev–Trinajstić information content (AvgIpc) is 3.58. The van der Waals surface area contributed by atoms with E-state index in [9.17, 15) is 32.7 Å². The molecule has 3 amide bonds. The molecule has 0 aromatic carbocycles. The number of carbonyl (C=O) groups excluding carboxylic acids is 2. The maximum absolute atomic E-state index is 14.0. The summed E-state index contributed by atoms with van der Waals surface area (Å²) in [7, 11) is 0. The monoisotopic (exact) mass is 691 g/mol. The van der Waals surface area contributed by atoms with Crippen molar-refractivity contribution in [3.05, 3.63) is 41.9 Å². The van der Waals surface area contributed by atoms with Crippen molar-refractivity contribution in [2.45, 2.75) is 71.0 Å². The zero-order valence-corrected chi connectivity index (χ0v) is 27.6. The quantitative estimate of drug-likeness (QED) is 0.225. The minimum absolute atomic E-state index is 0.0523. The van der Waals surface area contributed by atoms with E-state index in [0.717, 1.165) is 25.1 Å². The largest absolute Gasteiger partial charge is 0.465 e. The van der Waals surface area contributed by atoms with E-state index < -0.39 is 54.8 Å². The number of fused-ring (bicyclic) bond motifs is 1. The molecule has 17 heteroatoms. The van der Waals surface area contributed by atoms with Gasteiger partial charge in [0, 0.05) is 51.7 Å². The zero-order chi connectivity index (χ0) is 35.5. The fraction of sp³-hybridized carbons (Fsp3) is 0.531. The molecule has 5 heterocycles. The van der Waals surface area contributed by atoms with Crippen molar-refractivity contribution in [1.82, 2.24) is 20.2 Å². The van der Waals surface area contributed by atoms with Gasteiger partial charge in [-0.3, -0.25) is 25.0 Å². The van der Waals surface area contributed by atoms with E-state index >= 15 is 0 Å². The second-order valence-corrected chi connectivity index (χ2v) is 13.1. The molecule has 4 N–H and O–H groups in total. The molecule has 0 bridgehead atoms. The van der Waals surface area contributed by atoms with Gasteiger partial charge in [-0.05, 0) is 58.2 Å². The summed E-state index contributed by atoms with van der Waals surface area (Å²) in [4.78, 5) is 50.2. The number of nitrogens with zero attached hydrogens (tertiary/aromatic N) is 4. The van der Waals surface area contributed by atoms with Crippen LogP contribution >= 0.6 is 0 Å². The predicted molar refractivity (Wildman–Crippen MR) is 173 cm³/mol. The normalized spacial score (nSPS) is 20.3. The van der Waals surface area contributed by atoms with Crippen molar-refractivity contribution in [2.75, 3.05) is 48.3 Å². The van der Waals surface area contributed by atoms with Gasteiger partial charge in [-0.2, -0.15) is 13.2 Å². The van der Waals surface area contributed by atoms with Crippen LogP contribution in [0.2, 0.25) is 0 Å². The van der Waals surface area contributed by atoms with Crippen LogP contribution in [0, 0.1) is 5.92 Å². The third kappa shape index (κ3) is 9.08. The molecule has 2 aliphatic rings. The van der Waals surface area contributed by atoms with Gasteiger partial charge in [0.2, 0.25) is 5.88 Å². The lowest BCUT2D eigenvalue weighted by Gasteiger charge is -2.40. The summed E-state index contributed by atoms with van der Waals surface area (Å²) in [6, 6.07) is 2.13. The van der Waals surface area contributed by atoms with Crippen molar-refractivity contribution in [1.29, 1.82) is 0 Å². The summed E-state index contributed by atoms with van der Waals surface area (Å²) in [5.41, 5.74) is 0.389. The van der Waals surface area contributed by atoms with Gasteiger partial charge in [0.05, 0.1) is 35.6 Å². The summed E-state index contributed by atoms with van der Waals surface area (Å²) in [5, 5.41) is 16.5. The van der Waals surface area contributed by atoms with Gasteiger partial charge in [0.25, 0.3) is 5.91 Å². The lowest BCUT2D eigenvalue weighted by Crippen LogP contribution is -2.53. The van der Waals surface area contributed by atoms with E-state index in [1.54, 1.807) is 33.0 Å². The van der Waals surface area contributed by atoms with Crippen LogP contribution in [-0.4, -0.2) is 94.8 Å². The summed E-state index contributed by atoms with van der Waals surface area (Å²) < 4.78 is 58.7. The van der Waals surface area contributed by atoms with E-state index in [1.165, 1.54) is 23.4 Å². The van der Waals surface area contributed by atoms with Gasteiger partial charge in [-0.1, -0.05) is 0 Å². The van der Waals surface area contributed by atoms with Crippen LogP contribution in [0.5, 0.6) is 0 Å². The number of amides is 3. The van der Waals surface area contributed by atoms with Gasteiger partial charge in [-0.25, -0.2) is 9.59 Å². The number of anilines is 3. The first kappa shape index (κ1) is 35.7. The van der Waals surface area contributed by atoms with Gasteiger partial charge in [-0.15, -0.1) is 0 Å². The van der Waals surface area contributed by atoms with Gasteiger partial charge in [0.1, 0.15) is 16.7 Å². The van der Waals surface area contributed by atoms with Crippen molar-refractivity contribution in [3.63, 3.8) is 0 Å². The smallest absolute Gasteiger partial charge is 0.414 e. The van der Waals surface area contributed by atoms with Crippen LogP contribution in [0.15, 0.2) is 35.1 Å². The van der Waals surface area contributed by atoms with Crippen LogP contribution in [-0.2, 0) is 16.0 Å². The predicted octanol–water partition coefficient (Wildman–Crippen LogP) is 5.46. The Morgan fingerprint density at radius 3 is 2.59 bits per heavy atom. The van der Waals surface area contributed by atoms with E-state index in [0.29, 0.717) is 13.2 Å². The van der Waals surface area contributed by atoms with Crippen molar-refractivity contribution >= 4 is 46.5 Å². The van der Waals surface area contributed by atoms with Crippen molar-refractivity contribution < 1.29 is 46.6 Å². The fourth-order valence-corrected chi connectivity index (χ4v) is 6.13. The lowest BCUT2D eigenvalue weighted by molar-refractivity contribution is -0.177. The number of aromatic nitrogens is 2. The molecule has 0 spiro atoms. The molecule has 14 nitrogen and oxygen atoms in total. The number of alkyl halides is 3. The van der Waals surface area contributed by atoms with E-state index in [4.69, 9.17) is 13.9 Å². The molecule has 2 fully saturated rings. The molecule has 5 rings (SSSR count). The molecule has 266 valence electrons. The van der Waals surface area contributed by atoms with Crippen LogP contribution < -0.4 is 20.9 Å². The molecule has 2 saturated heterocycles. The number of hydrogen-bond acceptors (Lipinski definition) is 10. The third-order valence-corrected chi connectivity index (χ3v) is 8.09. The Morgan fingerprint density at radius 1 is 1.12 bits per heavy atom. The second-order valence-electron chi connectivity index (χ2n) is 13.1. The summed E-state index contributed by atoms with van der Waals surface area (Å²) in [5.74, 6) is -2.86. The number of piperidine rings is 1. The number of carboxylic acid groups (broad SMARTS) is 1. The molecular weight excluding hydrogens is 651 g/mol. The first-order valence-electron chi connectivity index (χ1n) is 15.9. The second kappa shape index (κ2) is 14.5. The molecule has 3 aromatic heterocycles. The molecule has 0 aliphatic carbocycles. The maximum atomic E-state index is 14.0. The Hall–Kier alpha value is -4.64. The van der Waals surface area contributed by atoms with Crippen molar-refractivity contribution in [2.24, 2.45) is 5.92 Å². The highest BCUT2D eigenvalue weighted by molar-refractivity contribution is 6.16. The van der Waals surface area contributed by atoms with E-state index in [-0.39, 0.29) is 46.6 Å². The summed E-state index contributed by atoms with van der Waals surface area (Å²) in [6.07, 6.45) is -2.07. The molecule has 3 atom stereocenters. The number of halogens is 3. The summed E-state index contributed by atoms with van der Waals surface area (Å²) in [6.45, 7) is 9.18. The van der Waals surface area contributed by atoms with Gasteiger partial charge >= 0.3 is 18.4 Å². The Morgan fingerprint density at radius 2 is 1.90 bits per heavy atom. The molecular formula is C32H40F3N7O7.